The largest absolute Gasteiger partial charge is 0.481 e. The van der Waals surface area contributed by atoms with Gasteiger partial charge in [-0.2, -0.15) is 0 Å². The van der Waals surface area contributed by atoms with Crippen LogP contribution in [0.25, 0.3) is 0 Å². The van der Waals surface area contributed by atoms with E-state index in [1.807, 2.05) is 18.4 Å². The van der Waals surface area contributed by atoms with Crippen LogP contribution < -0.4 is 10.1 Å². The maximum atomic E-state index is 12.0. The maximum absolute atomic E-state index is 12.0. The van der Waals surface area contributed by atoms with Crippen LogP contribution in [0.3, 0.4) is 0 Å². The summed E-state index contributed by atoms with van der Waals surface area (Å²) in [6, 6.07) is 6.61. The number of nitrogens with one attached hydrogen (secondary N) is 1. The Morgan fingerprint density at radius 2 is 1.95 bits per heavy atom. The van der Waals surface area contributed by atoms with Crippen molar-refractivity contribution in [3.05, 3.63) is 24.3 Å². The summed E-state index contributed by atoms with van der Waals surface area (Å²) >= 11 is 1.62. The smallest absolute Gasteiger partial charge is 0.326 e. The highest BCUT2D eigenvalue weighted by molar-refractivity contribution is 7.98. The number of carboxylic acids is 1. The molecule has 1 aromatic rings. The number of carbonyl (C=O) groups excluding carboxylic acids is 1. The van der Waals surface area contributed by atoms with Crippen LogP contribution >= 0.6 is 11.8 Å². The summed E-state index contributed by atoms with van der Waals surface area (Å²) in [6.07, 6.45) is 2.95. The van der Waals surface area contributed by atoms with Gasteiger partial charge in [-0.1, -0.05) is 0 Å². The number of aliphatic carboxylic acids is 1. The number of carboxylic acid groups (broad SMARTS) is 1. The monoisotopic (exact) mass is 309 g/mol. The minimum atomic E-state index is -0.984. The number of amides is 1. The van der Waals surface area contributed by atoms with Gasteiger partial charge in [-0.25, -0.2) is 4.79 Å². The molecule has 1 saturated carbocycles. The topological polar surface area (TPSA) is 75.6 Å². The molecule has 2 unspecified atom stereocenters. The third kappa shape index (κ3) is 4.39. The Labute approximate surface area is 128 Å². The summed E-state index contributed by atoms with van der Waals surface area (Å²) in [5, 5.41) is 11.7. The number of hydrogen-bond donors (Lipinski definition) is 2. The molecule has 1 aliphatic carbocycles. The molecule has 1 aromatic carbocycles. The summed E-state index contributed by atoms with van der Waals surface area (Å²) in [6.45, 7) is 1.61. The van der Waals surface area contributed by atoms with Gasteiger partial charge in [-0.05, 0) is 56.2 Å². The van der Waals surface area contributed by atoms with Gasteiger partial charge in [0, 0.05) is 4.90 Å². The molecule has 0 heterocycles. The second-order valence-corrected chi connectivity index (χ2v) is 5.98. The molecule has 1 amide bonds. The predicted molar refractivity (Wildman–Crippen MR) is 80.6 cm³/mol. The molecule has 0 spiro atoms. The van der Waals surface area contributed by atoms with Gasteiger partial charge in [0.15, 0.2) is 6.10 Å². The summed E-state index contributed by atoms with van der Waals surface area (Å²) in [5.74, 6) is -0.737. The van der Waals surface area contributed by atoms with Gasteiger partial charge in [0.2, 0.25) is 0 Å². The van der Waals surface area contributed by atoms with Gasteiger partial charge in [0.1, 0.15) is 11.8 Å². The molecule has 0 bridgehead atoms. The Kier molecular flexibility index (Phi) is 5.12. The van der Waals surface area contributed by atoms with Crippen molar-refractivity contribution in [2.75, 3.05) is 6.26 Å². The van der Waals surface area contributed by atoms with Crippen molar-refractivity contribution >= 4 is 23.6 Å². The second-order valence-electron chi connectivity index (χ2n) is 5.10. The standard InChI is InChI=1S/C15H19NO4S/c1-9(20-11-5-7-12(21-2)8-6-11)14(17)16-13(15(18)19)10-3-4-10/h5-10,13H,3-4H2,1-2H3,(H,16,17)(H,18,19). The molecule has 2 atom stereocenters. The molecule has 21 heavy (non-hydrogen) atoms. The fourth-order valence-electron chi connectivity index (χ4n) is 1.99. The van der Waals surface area contributed by atoms with Crippen LogP contribution in [-0.4, -0.2) is 35.4 Å². The van der Waals surface area contributed by atoms with Crippen LogP contribution in [0, 0.1) is 5.92 Å². The third-order valence-corrected chi connectivity index (χ3v) is 4.14. The number of rotatable bonds is 7. The van der Waals surface area contributed by atoms with Crippen LogP contribution in [0.2, 0.25) is 0 Å². The predicted octanol–water partition coefficient (Wildman–Crippen LogP) is 2.16. The van der Waals surface area contributed by atoms with Crippen LogP contribution in [0.1, 0.15) is 19.8 Å². The van der Waals surface area contributed by atoms with Gasteiger partial charge in [0.05, 0.1) is 0 Å². The van der Waals surface area contributed by atoms with Crippen LogP contribution in [0.4, 0.5) is 0 Å². The molecule has 1 fully saturated rings. The van der Waals surface area contributed by atoms with Crippen LogP contribution in [0.5, 0.6) is 5.75 Å². The van der Waals surface area contributed by atoms with E-state index < -0.39 is 24.0 Å². The van der Waals surface area contributed by atoms with Gasteiger partial charge in [-0.3, -0.25) is 4.79 Å². The Balaban J connectivity index is 1.90. The fourth-order valence-corrected chi connectivity index (χ4v) is 2.40. The van der Waals surface area contributed by atoms with E-state index in [0.29, 0.717) is 5.75 Å². The molecule has 0 saturated heterocycles. The van der Waals surface area contributed by atoms with Gasteiger partial charge in [-0.15, -0.1) is 11.8 Å². The summed E-state index contributed by atoms with van der Waals surface area (Å²) < 4.78 is 5.54. The van der Waals surface area contributed by atoms with Crippen molar-refractivity contribution in [3.8, 4) is 5.75 Å². The van der Waals surface area contributed by atoms with Crippen molar-refractivity contribution in [2.45, 2.75) is 36.8 Å². The lowest BCUT2D eigenvalue weighted by Gasteiger charge is -2.18. The lowest BCUT2D eigenvalue weighted by Crippen LogP contribution is -2.47. The lowest BCUT2D eigenvalue weighted by molar-refractivity contribution is -0.143. The van der Waals surface area contributed by atoms with E-state index in [4.69, 9.17) is 9.84 Å². The Hall–Kier alpha value is -1.69. The number of carbonyl (C=O) groups is 2. The molecular weight excluding hydrogens is 290 g/mol. The summed E-state index contributed by atoms with van der Waals surface area (Å²) in [5.41, 5.74) is 0. The molecule has 2 rings (SSSR count). The fraction of sp³-hybridized carbons (Fsp3) is 0.467. The minimum Gasteiger partial charge on any atom is -0.481 e. The van der Waals surface area contributed by atoms with Crippen LogP contribution in [-0.2, 0) is 9.59 Å². The lowest BCUT2D eigenvalue weighted by atomic mass is 10.2. The Morgan fingerprint density at radius 1 is 1.33 bits per heavy atom. The molecular formula is C15H19NO4S. The molecule has 0 aromatic heterocycles. The first-order valence-electron chi connectivity index (χ1n) is 6.85. The van der Waals surface area contributed by atoms with Gasteiger partial charge < -0.3 is 15.2 Å². The number of ether oxygens (including phenoxy) is 1. The Morgan fingerprint density at radius 3 is 2.43 bits per heavy atom. The molecule has 6 heteroatoms. The highest BCUT2D eigenvalue weighted by Crippen LogP contribution is 2.32. The zero-order valence-corrected chi connectivity index (χ0v) is 12.9. The third-order valence-electron chi connectivity index (χ3n) is 3.40. The first-order valence-corrected chi connectivity index (χ1v) is 8.07. The molecule has 5 nitrogen and oxygen atoms in total. The molecule has 0 radical (unpaired) electrons. The zero-order valence-electron chi connectivity index (χ0n) is 12.0. The highest BCUT2D eigenvalue weighted by atomic mass is 32.2. The zero-order chi connectivity index (χ0) is 15.4. The average Bonchev–Trinajstić information content (AvgIpc) is 3.29. The van der Waals surface area contributed by atoms with E-state index in [1.54, 1.807) is 30.8 Å². The first-order chi connectivity index (χ1) is 10.0. The van der Waals surface area contributed by atoms with Gasteiger partial charge >= 0.3 is 5.97 Å². The van der Waals surface area contributed by atoms with E-state index in [2.05, 4.69) is 5.32 Å². The van der Waals surface area contributed by atoms with E-state index in [9.17, 15) is 9.59 Å². The Bertz CT molecular complexity index is 513. The van der Waals surface area contributed by atoms with Crippen molar-refractivity contribution in [2.24, 2.45) is 5.92 Å². The van der Waals surface area contributed by atoms with Crippen molar-refractivity contribution in [1.29, 1.82) is 0 Å². The SMILES string of the molecule is CSc1ccc(OC(C)C(=O)NC(C(=O)O)C2CC2)cc1. The van der Waals surface area contributed by atoms with E-state index >= 15 is 0 Å². The summed E-state index contributed by atoms with van der Waals surface area (Å²) in [4.78, 5) is 24.2. The van der Waals surface area contributed by atoms with E-state index in [-0.39, 0.29) is 5.92 Å². The maximum Gasteiger partial charge on any atom is 0.326 e. The van der Waals surface area contributed by atoms with Crippen molar-refractivity contribution < 1.29 is 19.4 Å². The van der Waals surface area contributed by atoms with E-state index in [1.165, 1.54) is 0 Å². The summed E-state index contributed by atoms with van der Waals surface area (Å²) in [7, 11) is 0. The number of benzene rings is 1. The van der Waals surface area contributed by atoms with Crippen molar-refractivity contribution in [3.63, 3.8) is 0 Å². The number of thioether (sulfide) groups is 1. The quantitative estimate of drug-likeness (QED) is 0.755. The highest BCUT2D eigenvalue weighted by Gasteiger charge is 2.38. The normalized spacial score (nSPS) is 16.9. The average molecular weight is 309 g/mol. The van der Waals surface area contributed by atoms with Crippen molar-refractivity contribution in [1.82, 2.24) is 5.32 Å². The number of hydrogen-bond acceptors (Lipinski definition) is 4. The van der Waals surface area contributed by atoms with E-state index in [0.717, 1.165) is 17.7 Å². The van der Waals surface area contributed by atoms with Crippen LogP contribution in [0.15, 0.2) is 29.2 Å². The van der Waals surface area contributed by atoms with Gasteiger partial charge in [0.25, 0.3) is 5.91 Å². The molecule has 0 aliphatic heterocycles. The minimum absolute atomic E-state index is 0.0551. The molecule has 114 valence electrons. The molecule has 2 N–H and O–H groups in total. The second kappa shape index (κ2) is 6.85. The first kappa shape index (κ1) is 15.7. The molecule has 1 aliphatic rings.